The van der Waals surface area contributed by atoms with Crippen molar-refractivity contribution in [3.63, 3.8) is 0 Å². The van der Waals surface area contributed by atoms with Crippen LogP contribution < -0.4 is 0 Å². The molecule has 0 aromatic heterocycles. The molecule has 1 unspecified atom stereocenters. The second-order valence-electron chi connectivity index (χ2n) is 3.67. The zero-order valence-corrected chi connectivity index (χ0v) is 10.2. The van der Waals surface area contributed by atoms with Gasteiger partial charge >= 0.3 is 5.97 Å². The maximum Gasteiger partial charge on any atom is 0.306 e. The van der Waals surface area contributed by atoms with Crippen LogP contribution in [0.1, 0.15) is 18.1 Å². The lowest BCUT2D eigenvalue weighted by atomic mass is 9.97. The minimum absolute atomic E-state index is 0.180. The van der Waals surface area contributed by atoms with Gasteiger partial charge in [0.05, 0.1) is 10.4 Å². The van der Waals surface area contributed by atoms with Crippen molar-refractivity contribution in [2.75, 3.05) is 0 Å². The van der Waals surface area contributed by atoms with E-state index in [4.69, 9.17) is 5.11 Å². The van der Waals surface area contributed by atoms with Gasteiger partial charge < -0.3 is 10.2 Å². The van der Waals surface area contributed by atoms with Crippen molar-refractivity contribution in [3.05, 3.63) is 27.7 Å². The Labute approximate surface area is 96.9 Å². The lowest BCUT2D eigenvalue weighted by Crippen LogP contribution is -2.12. The van der Waals surface area contributed by atoms with Crippen molar-refractivity contribution < 1.29 is 15.0 Å². The van der Waals surface area contributed by atoms with Gasteiger partial charge in [0.15, 0.2) is 0 Å². The minimum atomic E-state index is -0.807. The van der Waals surface area contributed by atoms with E-state index in [2.05, 4.69) is 15.9 Å². The number of aryl methyl sites for hydroxylation is 1. The maximum absolute atomic E-state index is 10.7. The third-order valence-corrected chi connectivity index (χ3v) is 2.99. The maximum atomic E-state index is 10.7. The van der Waals surface area contributed by atoms with E-state index in [9.17, 15) is 9.90 Å². The Kier molecular flexibility index (Phi) is 3.74. The molecule has 3 nitrogen and oxygen atoms in total. The zero-order chi connectivity index (χ0) is 11.6. The van der Waals surface area contributed by atoms with Gasteiger partial charge in [0.25, 0.3) is 0 Å². The van der Waals surface area contributed by atoms with Gasteiger partial charge in [-0.2, -0.15) is 0 Å². The van der Waals surface area contributed by atoms with Crippen LogP contribution in [0.5, 0.6) is 5.75 Å². The summed E-state index contributed by atoms with van der Waals surface area (Å²) in [7, 11) is 0. The second-order valence-corrected chi connectivity index (χ2v) is 4.53. The Hall–Kier alpha value is -1.03. The van der Waals surface area contributed by atoms with Crippen LogP contribution in [0.3, 0.4) is 0 Å². The predicted molar refractivity (Wildman–Crippen MR) is 61.0 cm³/mol. The van der Waals surface area contributed by atoms with Gasteiger partial charge in [-0.1, -0.05) is 6.92 Å². The molecule has 1 rings (SSSR count). The summed E-state index contributed by atoms with van der Waals surface area (Å²) in [6.07, 6.45) is 0.472. The van der Waals surface area contributed by atoms with Crippen LogP contribution in [-0.4, -0.2) is 16.2 Å². The number of hydrogen-bond acceptors (Lipinski definition) is 2. The Balaban J connectivity index is 2.95. The highest BCUT2D eigenvalue weighted by Gasteiger charge is 2.14. The summed E-state index contributed by atoms with van der Waals surface area (Å²) in [6.45, 7) is 3.53. The number of aliphatic carboxylic acids is 1. The number of carboxylic acid groups (broad SMARTS) is 1. The summed E-state index contributed by atoms with van der Waals surface area (Å²) in [6, 6.07) is 3.40. The number of hydrogen-bond donors (Lipinski definition) is 2. The number of carboxylic acids is 1. The molecule has 0 heterocycles. The highest BCUT2D eigenvalue weighted by Crippen LogP contribution is 2.28. The van der Waals surface area contributed by atoms with Gasteiger partial charge in [-0.25, -0.2) is 0 Å². The first-order chi connectivity index (χ1) is 6.91. The third kappa shape index (κ3) is 2.96. The van der Waals surface area contributed by atoms with E-state index in [1.807, 2.05) is 6.92 Å². The predicted octanol–water partition coefficient (Wildman–Crippen LogP) is 2.73. The Morgan fingerprint density at radius 1 is 1.53 bits per heavy atom. The summed E-state index contributed by atoms with van der Waals surface area (Å²) < 4.78 is 0.598. The van der Waals surface area contributed by atoms with E-state index in [0.29, 0.717) is 10.9 Å². The third-order valence-electron chi connectivity index (χ3n) is 2.35. The van der Waals surface area contributed by atoms with Crippen molar-refractivity contribution in [3.8, 4) is 5.75 Å². The summed E-state index contributed by atoms with van der Waals surface area (Å²) in [4.78, 5) is 10.7. The molecular formula is C11H13BrO3. The monoisotopic (exact) mass is 272 g/mol. The van der Waals surface area contributed by atoms with E-state index in [0.717, 1.165) is 11.1 Å². The number of benzene rings is 1. The molecule has 1 aromatic rings. The molecule has 0 aliphatic rings. The molecule has 0 saturated heterocycles. The molecule has 0 amide bonds. The number of halogens is 1. The Morgan fingerprint density at radius 2 is 2.13 bits per heavy atom. The molecule has 0 bridgehead atoms. The molecule has 0 aliphatic carbocycles. The molecule has 0 aliphatic heterocycles. The van der Waals surface area contributed by atoms with Crippen molar-refractivity contribution in [1.29, 1.82) is 0 Å². The van der Waals surface area contributed by atoms with Crippen LogP contribution >= 0.6 is 15.9 Å². The SMILES string of the molecule is Cc1cc(O)c(Br)cc1CC(C)C(=O)O. The van der Waals surface area contributed by atoms with Crippen molar-refractivity contribution in [2.45, 2.75) is 20.3 Å². The number of phenols is 1. The van der Waals surface area contributed by atoms with E-state index in [-0.39, 0.29) is 5.75 Å². The van der Waals surface area contributed by atoms with Gasteiger partial charge in [-0.3, -0.25) is 4.79 Å². The second kappa shape index (κ2) is 4.66. The molecule has 0 fully saturated rings. The van der Waals surface area contributed by atoms with Crippen LogP contribution in [0.15, 0.2) is 16.6 Å². The van der Waals surface area contributed by atoms with E-state index < -0.39 is 11.9 Å². The van der Waals surface area contributed by atoms with E-state index >= 15 is 0 Å². The molecule has 1 aromatic carbocycles. The number of phenolic OH excluding ortho intramolecular Hbond substituents is 1. The van der Waals surface area contributed by atoms with Crippen LogP contribution in [0, 0.1) is 12.8 Å². The number of carbonyl (C=O) groups is 1. The fraction of sp³-hybridized carbons (Fsp3) is 0.364. The van der Waals surface area contributed by atoms with E-state index in [1.54, 1.807) is 19.1 Å². The molecule has 1 atom stereocenters. The largest absolute Gasteiger partial charge is 0.507 e. The van der Waals surface area contributed by atoms with Gasteiger partial charge in [0, 0.05) is 0 Å². The molecule has 4 heteroatoms. The highest BCUT2D eigenvalue weighted by atomic mass is 79.9. The molecule has 0 radical (unpaired) electrons. The van der Waals surface area contributed by atoms with Crippen LogP contribution in [-0.2, 0) is 11.2 Å². The molecule has 2 N–H and O–H groups in total. The minimum Gasteiger partial charge on any atom is -0.507 e. The summed E-state index contributed by atoms with van der Waals surface area (Å²) in [5, 5.41) is 18.2. The molecule has 82 valence electrons. The molecule has 0 saturated carbocycles. The van der Waals surface area contributed by atoms with Crippen molar-refractivity contribution in [2.24, 2.45) is 5.92 Å². The summed E-state index contributed by atoms with van der Waals surface area (Å²) in [5.41, 5.74) is 1.85. The molecular weight excluding hydrogens is 260 g/mol. The highest BCUT2D eigenvalue weighted by molar-refractivity contribution is 9.10. The normalized spacial score (nSPS) is 12.5. The summed E-state index contributed by atoms with van der Waals surface area (Å²) in [5.74, 6) is -1.04. The van der Waals surface area contributed by atoms with Crippen LogP contribution in [0.25, 0.3) is 0 Å². The molecule has 0 spiro atoms. The standard InChI is InChI=1S/C11H13BrO3/c1-6-4-10(13)9(12)5-8(6)3-7(2)11(14)15/h4-5,7,13H,3H2,1-2H3,(H,14,15). The van der Waals surface area contributed by atoms with Gasteiger partial charge in [-0.05, 0) is 52.5 Å². The quantitative estimate of drug-likeness (QED) is 0.890. The van der Waals surface area contributed by atoms with Gasteiger partial charge in [0.1, 0.15) is 5.75 Å². The number of rotatable bonds is 3. The molecule has 15 heavy (non-hydrogen) atoms. The lowest BCUT2D eigenvalue weighted by Gasteiger charge is -2.10. The smallest absolute Gasteiger partial charge is 0.306 e. The van der Waals surface area contributed by atoms with Crippen molar-refractivity contribution in [1.82, 2.24) is 0 Å². The lowest BCUT2D eigenvalue weighted by molar-refractivity contribution is -0.141. The van der Waals surface area contributed by atoms with Gasteiger partial charge in [-0.15, -0.1) is 0 Å². The first-order valence-electron chi connectivity index (χ1n) is 4.62. The Bertz CT molecular complexity index is 388. The topological polar surface area (TPSA) is 57.5 Å². The fourth-order valence-electron chi connectivity index (χ4n) is 1.34. The average molecular weight is 273 g/mol. The van der Waals surface area contributed by atoms with Gasteiger partial charge in [0.2, 0.25) is 0 Å². The zero-order valence-electron chi connectivity index (χ0n) is 8.62. The first-order valence-corrected chi connectivity index (χ1v) is 5.42. The fourth-order valence-corrected chi connectivity index (χ4v) is 1.74. The van der Waals surface area contributed by atoms with Crippen LogP contribution in [0.2, 0.25) is 0 Å². The van der Waals surface area contributed by atoms with Crippen LogP contribution in [0.4, 0.5) is 0 Å². The average Bonchev–Trinajstić information content (AvgIpc) is 2.13. The summed E-state index contributed by atoms with van der Waals surface area (Å²) >= 11 is 3.21. The van der Waals surface area contributed by atoms with E-state index in [1.165, 1.54) is 0 Å². The van der Waals surface area contributed by atoms with Crippen molar-refractivity contribution >= 4 is 21.9 Å². The first kappa shape index (κ1) is 12.0. The Morgan fingerprint density at radius 3 is 2.67 bits per heavy atom. The number of aromatic hydroxyl groups is 1.